The van der Waals surface area contributed by atoms with Gasteiger partial charge < -0.3 is 10.3 Å². The number of H-pyrrole nitrogens is 1. The number of aromatic amines is 1. The number of hydrogen-bond acceptors (Lipinski definition) is 4. The molecule has 1 aromatic carbocycles. The summed E-state index contributed by atoms with van der Waals surface area (Å²) in [6.45, 7) is 0. The Morgan fingerprint density at radius 1 is 1.25 bits per heavy atom. The minimum Gasteiger partial charge on any atom is -0.345 e. The third-order valence-corrected chi connectivity index (χ3v) is 5.57. The van der Waals surface area contributed by atoms with Gasteiger partial charge in [0.2, 0.25) is 0 Å². The summed E-state index contributed by atoms with van der Waals surface area (Å²) in [7, 11) is -3.27. The molecule has 0 bridgehead atoms. The molecular weight excluding hydrogens is 396 g/mol. The Morgan fingerprint density at radius 3 is 2.58 bits per heavy atom. The molecular formula is C16H13BrN2O4S. The molecule has 0 saturated carbocycles. The van der Waals surface area contributed by atoms with Gasteiger partial charge in [-0.25, -0.2) is 8.42 Å². The first kappa shape index (κ1) is 16.7. The Hall–Kier alpha value is -2.19. The van der Waals surface area contributed by atoms with Crippen LogP contribution in [-0.4, -0.2) is 31.1 Å². The number of rotatable bonds is 3. The number of nitrogens with one attached hydrogen (secondary N) is 2. The highest BCUT2D eigenvalue weighted by atomic mass is 79.9. The topological polar surface area (TPSA) is 96.1 Å². The van der Waals surface area contributed by atoms with Crippen LogP contribution in [0.4, 0.5) is 0 Å². The van der Waals surface area contributed by atoms with Crippen molar-refractivity contribution in [2.45, 2.75) is 6.04 Å². The standard InChI is InChI=1S/C16H13BrN2O4S/c17-13-8-12(15(20)18-11-6-7-24(22,23)9-11)16(21)19-14(13)10-4-2-1-3-5-10/h1-8,11H,9H2,(H,18,20)(H,19,21)/t11-/m1/s1. The van der Waals surface area contributed by atoms with E-state index in [-0.39, 0.29) is 11.3 Å². The lowest BCUT2D eigenvalue weighted by Gasteiger charge is -2.11. The Labute approximate surface area is 146 Å². The van der Waals surface area contributed by atoms with E-state index in [2.05, 4.69) is 26.2 Å². The van der Waals surface area contributed by atoms with Crippen LogP contribution in [0.2, 0.25) is 0 Å². The van der Waals surface area contributed by atoms with E-state index < -0.39 is 27.3 Å². The third kappa shape index (κ3) is 3.49. The maximum absolute atomic E-state index is 12.3. The van der Waals surface area contributed by atoms with E-state index in [1.54, 1.807) is 0 Å². The zero-order chi connectivity index (χ0) is 17.3. The highest BCUT2D eigenvalue weighted by molar-refractivity contribution is 9.10. The van der Waals surface area contributed by atoms with Gasteiger partial charge in [-0.15, -0.1) is 0 Å². The van der Waals surface area contributed by atoms with E-state index in [0.717, 1.165) is 11.0 Å². The SMILES string of the molecule is O=C(N[C@@H]1C=CS(=O)(=O)C1)c1cc(Br)c(-c2ccccc2)[nH]c1=O. The maximum Gasteiger partial charge on any atom is 0.261 e. The zero-order valence-electron chi connectivity index (χ0n) is 12.3. The van der Waals surface area contributed by atoms with Crippen molar-refractivity contribution < 1.29 is 13.2 Å². The average molecular weight is 409 g/mol. The molecule has 0 aliphatic carbocycles. The van der Waals surface area contributed by atoms with Gasteiger partial charge in [-0.3, -0.25) is 9.59 Å². The quantitative estimate of drug-likeness (QED) is 0.809. The highest BCUT2D eigenvalue weighted by Crippen LogP contribution is 2.25. The van der Waals surface area contributed by atoms with Gasteiger partial charge in [-0.2, -0.15) is 0 Å². The van der Waals surface area contributed by atoms with Crippen molar-refractivity contribution in [1.29, 1.82) is 0 Å². The van der Waals surface area contributed by atoms with Gasteiger partial charge in [-0.05, 0) is 33.6 Å². The lowest BCUT2D eigenvalue weighted by atomic mass is 10.1. The smallest absolute Gasteiger partial charge is 0.261 e. The molecule has 1 aromatic heterocycles. The molecule has 124 valence electrons. The number of aromatic nitrogens is 1. The van der Waals surface area contributed by atoms with Gasteiger partial charge >= 0.3 is 0 Å². The fourth-order valence-corrected chi connectivity index (χ4v) is 4.19. The number of hydrogen-bond donors (Lipinski definition) is 2. The number of halogens is 1. The number of carbonyl (C=O) groups excluding carboxylic acids is 1. The van der Waals surface area contributed by atoms with Gasteiger partial charge in [-0.1, -0.05) is 30.3 Å². The summed E-state index contributed by atoms with van der Waals surface area (Å²) in [5, 5.41) is 3.60. The zero-order valence-corrected chi connectivity index (χ0v) is 14.7. The summed E-state index contributed by atoms with van der Waals surface area (Å²) in [6, 6.07) is 10.0. The number of sulfone groups is 1. The monoisotopic (exact) mass is 408 g/mol. The summed E-state index contributed by atoms with van der Waals surface area (Å²) in [5.41, 5.74) is 0.748. The summed E-state index contributed by atoms with van der Waals surface area (Å²) in [6.07, 6.45) is 1.40. The molecule has 2 N–H and O–H groups in total. The number of carbonyl (C=O) groups is 1. The van der Waals surface area contributed by atoms with Crippen molar-refractivity contribution in [3.8, 4) is 11.3 Å². The highest BCUT2D eigenvalue weighted by Gasteiger charge is 2.24. The van der Waals surface area contributed by atoms with Crippen LogP contribution in [0.5, 0.6) is 0 Å². The lowest BCUT2D eigenvalue weighted by molar-refractivity contribution is 0.0946. The van der Waals surface area contributed by atoms with E-state index in [1.807, 2.05) is 30.3 Å². The van der Waals surface area contributed by atoms with Crippen LogP contribution >= 0.6 is 15.9 Å². The summed E-state index contributed by atoms with van der Waals surface area (Å²) >= 11 is 3.36. The number of amides is 1. The van der Waals surface area contributed by atoms with E-state index in [4.69, 9.17) is 0 Å². The average Bonchev–Trinajstić information content (AvgIpc) is 2.88. The Balaban J connectivity index is 1.87. The van der Waals surface area contributed by atoms with Crippen LogP contribution in [0.15, 0.2) is 57.1 Å². The molecule has 0 unspecified atom stereocenters. The normalized spacial score (nSPS) is 18.5. The largest absolute Gasteiger partial charge is 0.345 e. The third-order valence-electron chi connectivity index (χ3n) is 3.55. The minimum atomic E-state index is -3.27. The maximum atomic E-state index is 12.3. The first-order chi connectivity index (χ1) is 11.4. The fourth-order valence-electron chi connectivity index (χ4n) is 2.40. The molecule has 1 amide bonds. The Kier molecular flexibility index (Phi) is 4.42. The van der Waals surface area contributed by atoms with Crippen LogP contribution < -0.4 is 10.9 Å². The number of pyridine rings is 1. The van der Waals surface area contributed by atoms with E-state index in [9.17, 15) is 18.0 Å². The molecule has 0 saturated heterocycles. The minimum absolute atomic E-state index is 0.0840. The van der Waals surface area contributed by atoms with Gasteiger partial charge in [0, 0.05) is 9.88 Å². The van der Waals surface area contributed by atoms with E-state index in [0.29, 0.717) is 10.2 Å². The molecule has 6 nitrogen and oxygen atoms in total. The fraction of sp³-hybridized carbons (Fsp3) is 0.125. The van der Waals surface area contributed by atoms with Crippen molar-refractivity contribution in [2.24, 2.45) is 0 Å². The second-order valence-electron chi connectivity index (χ2n) is 5.34. The van der Waals surface area contributed by atoms with Crippen LogP contribution in [0.25, 0.3) is 11.3 Å². The molecule has 0 fully saturated rings. The van der Waals surface area contributed by atoms with Gasteiger partial charge in [0.1, 0.15) is 5.56 Å². The summed E-state index contributed by atoms with van der Waals surface area (Å²) in [5.74, 6) is -0.816. The van der Waals surface area contributed by atoms with Gasteiger partial charge in [0.25, 0.3) is 11.5 Å². The van der Waals surface area contributed by atoms with Crippen LogP contribution in [0, 0.1) is 0 Å². The van der Waals surface area contributed by atoms with Crippen LogP contribution in [-0.2, 0) is 9.84 Å². The molecule has 24 heavy (non-hydrogen) atoms. The molecule has 0 radical (unpaired) electrons. The van der Waals surface area contributed by atoms with E-state index in [1.165, 1.54) is 12.1 Å². The predicted octanol–water partition coefficient (Wildman–Crippen LogP) is 1.84. The summed E-state index contributed by atoms with van der Waals surface area (Å²) in [4.78, 5) is 27.2. The van der Waals surface area contributed by atoms with Crippen molar-refractivity contribution >= 4 is 31.7 Å². The second-order valence-corrected chi connectivity index (χ2v) is 8.12. The van der Waals surface area contributed by atoms with Crippen molar-refractivity contribution in [3.63, 3.8) is 0 Å². The second kappa shape index (κ2) is 6.37. The first-order valence-corrected chi connectivity index (χ1v) is 9.56. The molecule has 0 spiro atoms. The number of benzene rings is 1. The van der Waals surface area contributed by atoms with Crippen molar-refractivity contribution in [3.05, 3.63) is 68.3 Å². The molecule has 2 heterocycles. The van der Waals surface area contributed by atoms with Gasteiger partial charge in [0.15, 0.2) is 9.84 Å². The van der Waals surface area contributed by atoms with E-state index >= 15 is 0 Å². The molecule has 2 aromatic rings. The van der Waals surface area contributed by atoms with Crippen LogP contribution in [0.3, 0.4) is 0 Å². The molecule has 1 atom stereocenters. The summed E-state index contributed by atoms with van der Waals surface area (Å²) < 4.78 is 23.3. The Bertz CT molecular complexity index is 981. The molecule has 1 aliphatic rings. The predicted molar refractivity (Wildman–Crippen MR) is 94.4 cm³/mol. The Morgan fingerprint density at radius 2 is 1.96 bits per heavy atom. The molecule has 3 rings (SSSR count). The molecule has 1 aliphatic heterocycles. The van der Waals surface area contributed by atoms with Gasteiger partial charge in [0.05, 0.1) is 17.5 Å². The van der Waals surface area contributed by atoms with Crippen molar-refractivity contribution in [2.75, 3.05) is 5.75 Å². The van der Waals surface area contributed by atoms with Crippen LogP contribution in [0.1, 0.15) is 10.4 Å². The molecule has 8 heteroatoms. The van der Waals surface area contributed by atoms with Crippen molar-refractivity contribution in [1.82, 2.24) is 10.3 Å². The lowest BCUT2D eigenvalue weighted by Crippen LogP contribution is -2.38. The first-order valence-electron chi connectivity index (χ1n) is 7.06.